The first kappa shape index (κ1) is 16.5. The monoisotopic (exact) mass is 329 g/mol. The molecule has 1 saturated heterocycles. The van der Waals surface area contributed by atoms with E-state index in [0.717, 1.165) is 30.3 Å². The summed E-state index contributed by atoms with van der Waals surface area (Å²) in [6.45, 7) is 6.44. The van der Waals surface area contributed by atoms with Gasteiger partial charge < -0.3 is 20.5 Å². The van der Waals surface area contributed by atoms with Crippen molar-refractivity contribution in [3.63, 3.8) is 0 Å². The normalized spacial score (nSPS) is 17.4. The van der Waals surface area contributed by atoms with E-state index in [2.05, 4.69) is 10.3 Å². The first-order chi connectivity index (χ1) is 11.5. The van der Waals surface area contributed by atoms with Crippen LogP contribution in [0, 0.1) is 5.92 Å². The van der Waals surface area contributed by atoms with Crippen LogP contribution >= 0.6 is 0 Å². The number of nitrogens with zero attached hydrogens (tertiary/aromatic N) is 1. The van der Waals surface area contributed by atoms with E-state index in [1.165, 1.54) is 0 Å². The highest BCUT2D eigenvalue weighted by atomic mass is 16.5. The molecule has 0 unspecified atom stereocenters. The van der Waals surface area contributed by atoms with Crippen LogP contribution in [-0.2, 0) is 0 Å². The van der Waals surface area contributed by atoms with Crippen LogP contribution in [0.5, 0.6) is 11.6 Å². The minimum atomic E-state index is -0.510. The second kappa shape index (κ2) is 7.05. The molecule has 0 bridgehead atoms. The Balaban J connectivity index is 1.95. The van der Waals surface area contributed by atoms with Crippen molar-refractivity contribution in [3.05, 3.63) is 30.0 Å². The highest BCUT2D eigenvalue weighted by Crippen LogP contribution is 2.31. The molecule has 0 radical (unpaired) electrons. The second-order valence-corrected chi connectivity index (χ2v) is 6.39. The molecule has 1 atom stereocenters. The molecule has 1 aromatic heterocycles. The summed E-state index contributed by atoms with van der Waals surface area (Å²) in [5.41, 5.74) is 5.86. The maximum atomic E-state index is 11.7. The van der Waals surface area contributed by atoms with Crippen LogP contribution < -0.4 is 20.5 Å². The van der Waals surface area contributed by atoms with Crippen LogP contribution in [0.25, 0.3) is 10.8 Å². The Bertz CT molecular complexity index is 740. The molecule has 3 rings (SSSR count). The van der Waals surface area contributed by atoms with Gasteiger partial charge >= 0.3 is 0 Å². The van der Waals surface area contributed by atoms with E-state index in [-0.39, 0.29) is 6.10 Å². The summed E-state index contributed by atoms with van der Waals surface area (Å²) < 4.78 is 11.7. The van der Waals surface area contributed by atoms with Gasteiger partial charge in [-0.2, -0.15) is 0 Å². The van der Waals surface area contributed by atoms with E-state index in [4.69, 9.17) is 15.2 Å². The SMILES string of the molecule is CC(C)Oc1cc2c(OC[C@@H]3CCNC3)nccc2cc1C(N)=O. The quantitative estimate of drug-likeness (QED) is 0.847. The van der Waals surface area contributed by atoms with Gasteiger partial charge in [-0.15, -0.1) is 0 Å². The Kier molecular flexibility index (Phi) is 4.85. The summed E-state index contributed by atoms with van der Waals surface area (Å²) in [6.07, 6.45) is 2.72. The molecule has 2 heterocycles. The number of carbonyl (C=O) groups is 1. The number of hydrogen-bond donors (Lipinski definition) is 2. The van der Waals surface area contributed by atoms with Crippen LogP contribution in [0.3, 0.4) is 0 Å². The smallest absolute Gasteiger partial charge is 0.252 e. The van der Waals surface area contributed by atoms with E-state index in [0.29, 0.717) is 29.7 Å². The van der Waals surface area contributed by atoms with Gasteiger partial charge in [-0.1, -0.05) is 0 Å². The summed E-state index contributed by atoms with van der Waals surface area (Å²) in [6, 6.07) is 5.37. The summed E-state index contributed by atoms with van der Waals surface area (Å²) in [4.78, 5) is 16.1. The van der Waals surface area contributed by atoms with Crippen molar-refractivity contribution in [1.82, 2.24) is 10.3 Å². The van der Waals surface area contributed by atoms with Gasteiger partial charge in [0.25, 0.3) is 5.91 Å². The van der Waals surface area contributed by atoms with Crippen LogP contribution in [0.1, 0.15) is 30.6 Å². The number of rotatable bonds is 6. The average molecular weight is 329 g/mol. The maximum Gasteiger partial charge on any atom is 0.252 e. The minimum absolute atomic E-state index is 0.0637. The summed E-state index contributed by atoms with van der Waals surface area (Å²) >= 11 is 0. The number of carbonyl (C=O) groups excluding carboxylic acids is 1. The fraction of sp³-hybridized carbons (Fsp3) is 0.444. The van der Waals surface area contributed by atoms with E-state index in [1.807, 2.05) is 19.9 Å². The third-order valence-electron chi connectivity index (χ3n) is 4.07. The van der Waals surface area contributed by atoms with Gasteiger partial charge in [-0.25, -0.2) is 4.98 Å². The summed E-state index contributed by atoms with van der Waals surface area (Å²) in [5, 5.41) is 5.00. The molecule has 1 amide bonds. The van der Waals surface area contributed by atoms with Crippen molar-refractivity contribution in [1.29, 1.82) is 0 Å². The summed E-state index contributed by atoms with van der Waals surface area (Å²) in [5.74, 6) is 1.01. The number of hydrogen-bond acceptors (Lipinski definition) is 5. The Hall–Kier alpha value is -2.34. The Morgan fingerprint density at radius 3 is 2.96 bits per heavy atom. The minimum Gasteiger partial charge on any atom is -0.490 e. The van der Waals surface area contributed by atoms with E-state index >= 15 is 0 Å². The molecule has 1 aliphatic rings. The van der Waals surface area contributed by atoms with E-state index in [1.54, 1.807) is 18.3 Å². The molecule has 1 fully saturated rings. The first-order valence-electron chi connectivity index (χ1n) is 8.27. The van der Waals surface area contributed by atoms with Gasteiger partial charge in [0.1, 0.15) is 5.75 Å². The van der Waals surface area contributed by atoms with Crippen molar-refractivity contribution in [3.8, 4) is 11.6 Å². The van der Waals surface area contributed by atoms with Crippen LogP contribution in [-0.4, -0.2) is 36.7 Å². The van der Waals surface area contributed by atoms with Crippen molar-refractivity contribution < 1.29 is 14.3 Å². The fourth-order valence-corrected chi connectivity index (χ4v) is 2.89. The number of pyridine rings is 1. The highest BCUT2D eigenvalue weighted by molar-refractivity contribution is 6.01. The van der Waals surface area contributed by atoms with Crippen LogP contribution in [0.15, 0.2) is 24.4 Å². The number of ether oxygens (including phenoxy) is 2. The number of nitrogens with one attached hydrogen (secondary N) is 1. The lowest BCUT2D eigenvalue weighted by Crippen LogP contribution is -2.17. The molecule has 0 spiro atoms. The number of benzene rings is 1. The van der Waals surface area contributed by atoms with E-state index < -0.39 is 5.91 Å². The van der Waals surface area contributed by atoms with Crippen molar-refractivity contribution in [2.24, 2.45) is 11.7 Å². The predicted octanol–water partition coefficient (Wildman–Crippen LogP) is 2.11. The molecular weight excluding hydrogens is 306 g/mol. The van der Waals surface area contributed by atoms with Gasteiger partial charge in [0.05, 0.1) is 18.3 Å². The van der Waals surface area contributed by atoms with Crippen LogP contribution in [0.4, 0.5) is 0 Å². The largest absolute Gasteiger partial charge is 0.490 e. The molecule has 1 aliphatic heterocycles. The third-order valence-corrected chi connectivity index (χ3v) is 4.07. The van der Waals surface area contributed by atoms with Gasteiger partial charge in [0.15, 0.2) is 0 Å². The Morgan fingerprint density at radius 2 is 2.29 bits per heavy atom. The van der Waals surface area contributed by atoms with Crippen molar-refractivity contribution >= 4 is 16.7 Å². The molecular formula is C18H23N3O3. The van der Waals surface area contributed by atoms with Gasteiger partial charge in [0, 0.05) is 24.0 Å². The maximum absolute atomic E-state index is 11.7. The molecule has 24 heavy (non-hydrogen) atoms. The molecule has 3 N–H and O–H groups in total. The van der Waals surface area contributed by atoms with Gasteiger partial charge in [-0.05, 0) is 50.4 Å². The Labute approximate surface area is 141 Å². The number of fused-ring (bicyclic) bond motifs is 1. The van der Waals surface area contributed by atoms with Gasteiger partial charge in [0.2, 0.25) is 5.88 Å². The molecule has 0 aliphatic carbocycles. The fourth-order valence-electron chi connectivity index (χ4n) is 2.89. The summed E-state index contributed by atoms with van der Waals surface area (Å²) in [7, 11) is 0. The molecule has 6 heteroatoms. The molecule has 1 aromatic carbocycles. The predicted molar refractivity (Wildman–Crippen MR) is 92.5 cm³/mol. The van der Waals surface area contributed by atoms with Crippen LogP contribution in [0.2, 0.25) is 0 Å². The zero-order valence-electron chi connectivity index (χ0n) is 14.0. The molecule has 128 valence electrons. The first-order valence-corrected chi connectivity index (χ1v) is 8.27. The molecule has 6 nitrogen and oxygen atoms in total. The standard InChI is InChI=1S/C18H23N3O3/c1-11(2)24-16-8-14-13(7-15(16)17(19)22)4-6-21-18(14)23-10-12-3-5-20-9-12/h4,6-8,11-12,20H,3,5,9-10H2,1-2H3,(H2,19,22)/t12-/m1/s1. The second-order valence-electron chi connectivity index (χ2n) is 6.39. The zero-order valence-corrected chi connectivity index (χ0v) is 14.0. The van der Waals surface area contributed by atoms with Gasteiger partial charge in [-0.3, -0.25) is 4.79 Å². The number of amides is 1. The highest BCUT2D eigenvalue weighted by Gasteiger charge is 2.18. The molecule has 0 saturated carbocycles. The van der Waals surface area contributed by atoms with E-state index in [9.17, 15) is 4.79 Å². The average Bonchev–Trinajstić information content (AvgIpc) is 3.05. The third kappa shape index (κ3) is 3.59. The lowest BCUT2D eigenvalue weighted by molar-refractivity contribution is 0.0994. The topological polar surface area (TPSA) is 86.5 Å². The molecule has 2 aromatic rings. The van der Waals surface area contributed by atoms with Crippen molar-refractivity contribution in [2.45, 2.75) is 26.4 Å². The number of aromatic nitrogens is 1. The lowest BCUT2D eigenvalue weighted by atomic mass is 10.1. The zero-order chi connectivity index (χ0) is 17.1. The Morgan fingerprint density at radius 1 is 1.46 bits per heavy atom. The number of primary amides is 1. The number of nitrogens with two attached hydrogens (primary N) is 1. The van der Waals surface area contributed by atoms with Crippen molar-refractivity contribution in [2.75, 3.05) is 19.7 Å². The lowest BCUT2D eigenvalue weighted by Gasteiger charge is -2.16.